The van der Waals surface area contributed by atoms with E-state index in [1.807, 2.05) is 43.3 Å². The third-order valence-electron chi connectivity index (χ3n) is 7.31. The van der Waals surface area contributed by atoms with Crippen LogP contribution in [0.3, 0.4) is 0 Å². The predicted molar refractivity (Wildman–Crippen MR) is 140 cm³/mol. The van der Waals surface area contributed by atoms with Crippen LogP contribution in [0.15, 0.2) is 66.7 Å². The Morgan fingerprint density at radius 1 is 1.03 bits per heavy atom. The Morgan fingerprint density at radius 3 is 2.56 bits per heavy atom. The third-order valence-corrected chi connectivity index (χ3v) is 7.31. The summed E-state index contributed by atoms with van der Waals surface area (Å²) < 4.78 is 12.6. The van der Waals surface area contributed by atoms with Crippen LogP contribution in [-0.2, 0) is 0 Å². The van der Waals surface area contributed by atoms with Crippen molar-refractivity contribution in [3.8, 4) is 23.0 Å². The second-order valence-corrected chi connectivity index (χ2v) is 9.71. The minimum Gasteiger partial charge on any atom is -0.508 e. The summed E-state index contributed by atoms with van der Waals surface area (Å²) in [7, 11) is 0. The van der Waals surface area contributed by atoms with E-state index in [2.05, 4.69) is 11.8 Å². The topological polar surface area (TPSA) is 82.4 Å². The highest BCUT2D eigenvalue weighted by molar-refractivity contribution is 5.95. The van der Waals surface area contributed by atoms with Crippen LogP contribution in [0, 0.1) is 0 Å². The standard InChI is InChI=1S/C30H33NO5/c1-19(31-14-4-6-23(31)17-32)18-35-26-11-8-21(9-12-26)30-29(22-5-3-7-24(33)15-22)20(2)27-16-25(34)10-13-28(27)36-30/h3,5,7-13,15-16,19,23,30,32-34H,4,6,14,17-18H2,1-2H3/t19-,23-,30?/m0/s1. The number of aliphatic hydroxyl groups excluding tert-OH is 1. The maximum absolute atomic E-state index is 10.1. The van der Waals surface area contributed by atoms with Gasteiger partial charge in [-0.3, -0.25) is 4.90 Å². The first-order chi connectivity index (χ1) is 17.4. The van der Waals surface area contributed by atoms with E-state index in [-0.39, 0.29) is 36.3 Å². The first-order valence-electron chi connectivity index (χ1n) is 12.5. The molecule has 0 saturated carbocycles. The molecule has 3 aromatic carbocycles. The Morgan fingerprint density at radius 2 is 1.81 bits per heavy atom. The molecule has 5 rings (SSSR count). The van der Waals surface area contributed by atoms with E-state index >= 15 is 0 Å². The number of allylic oxidation sites excluding steroid dienone is 1. The lowest BCUT2D eigenvalue weighted by atomic mass is 9.86. The molecule has 6 nitrogen and oxygen atoms in total. The molecule has 0 radical (unpaired) electrons. The van der Waals surface area contributed by atoms with Crippen molar-refractivity contribution in [2.24, 2.45) is 0 Å². The van der Waals surface area contributed by atoms with Gasteiger partial charge in [0.25, 0.3) is 0 Å². The van der Waals surface area contributed by atoms with Gasteiger partial charge in [0.05, 0.1) is 6.61 Å². The van der Waals surface area contributed by atoms with Gasteiger partial charge in [-0.1, -0.05) is 24.3 Å². The number of likely N-dealkylation sites (tertiary alicyclic amines) is 1. The van der Waals surface area contributed by atoms with E-state index < -0.39 is 0 Å². The van der Waals surface area contributed by atoms with Gasteiger partial charge in [-0.25, -0.2) is 0 Å². The van der Waals surface area contributed by atoms with Crippen LogP contribution in [0.25, 0.3) is 11.1 Å². The number of benzene rings is 3. The number of hydrogen-bond acceptors (Lipinski definition) is 6. The van der Waals surface area contributed by atoms with Gasteiger partial charge in [0.1, 0.15) is 35.7 Å². The minimum atomic E-state index is -0.383. The minimum absolute atomic E-state index is 0.181. The zero-order valence-electron chi connectivity index (χ0n) is 20.7. The first kappa shape index (κ1) is 24.2. The molecule has 3 atom stereocenters. The van der Waals surface area contributed by atoms with Crippen molar-refractivity contribution >= 4 is 11.1 Å². The van der Waals surface area contributed by atoms with Crippen molar-refractivity contribution in [3.63, 3.8) is 0 Å². The van der Waals surface area contributed by atoms with Gasteiger partial charge in [0.15, 0.2) is 0 Å². The maximum atomic E-state index is 10.1. The largest absolute Gasteiger partial charge is 0.508 e. The van der Waals surface area contributed by atoms with Gasteiger partial charge in [-0.2, -0.15) is 0 Å². The van der Waals surface area contributed by atoms with E-state index in [0.717, 1.165) is 53.0 Å². The van der Waals surface area contributed by atoms with E-state index in [4.69, 9.17) is 9.47 Å². The number of rotatable bonds is 7. The van der Waals surface area contributed by atoms with Gasteiger partial charge in [-0.15, -0.1) is 0 Å². The van der Waals surface area contributed by atoms with Crippen LogP contribution < -0.4 is 9.47 Å². The average molecular weight is 488 g/mol. The second kappa shape index (κ2) is 10.2. The summed E-state index contributed by atoms with van der Waals surface area (Å²) in [4.78, 5) is 2.33. The van der Waals surface area contributed by atoms with E-state index in [1.54, 1.807) is 30.3 Å². The summed E-state index contributed by atoms with van der Waals surface area (Å²) in [5.41, 5.74) is 4.59. The molecule has 36 heavy (non-hydrogen) atoms. The smallest absolute Gasteiger partial charge is 0.150 e. The fraction of sp³-hybridized carbons (Fsp3) is 0.333. The van der Waals surface area contributed by atoms with Crippen molar-refractivity contribution in [1.29, 1.82) is 0 Å². The van der Waals surface area contributed by atoms with Crippen LogP contribution >= 0.6 is 0 Å². The third kappa shape index (κ3) is 4.79. The van der Waals surface area contributed by atoms with Gasteiger partial charge in [0, 0.05) is 23.2 Å². The Bertz CT molecular complexity index is 1250. The normalized spacial score (nSPS) is 20.6. The van der Waals surface area contributed by atoms with Crippen LogP contribution in [0.4, 0.5) is 0 Å². The molecule has 1 fully saturated rings. The van der Waals surface area contributed by atoms with Crippen LogP contribution in [0.5, 0.6) is 23.0 Å². The van der Waals surface area contributed by atoms with Gasteiger partial charge in [-0.05, 0) is 92.4 Å². The van der Waals surface area contributed by atoms with Gasteiger partial charge in [0.2, 0.25) is 0 Å². The number of phenolic OH excluding ortho intramolecular Hbond substituents is 2. The van der Waals surface area contributed by atoms with Crippen molar-refractivity contribution in [1.82, 2.24) is 4.90 Å². The zero-order chi connectivity index (χ0) is 25.2. The highest BCUT2D eigenvalue weighted by atomic mass is 16.5. The molecule has 0 amide bonds. The quantitative estimate of drug-likeness (QED) is 0.415. The highest BCUT2D eigenvalue weighted by Crippen LogP contribution is 2.47. The van der Waals surface area contributed by atoms with Crippen LogP contribution in [0.1, 0.15) is 49.5 Å². The molecule has 1 unspecified atom stereocenters. The second-order valence-electron chi connectivity index (χ2n) is 9.71. The molecule has 0 spiro atoms. The lowest BCUT2D eigenvalue weighted by Crippen LogP contribution is -2.42. The molecule has 188 valence electrons. The number of aromatic hydroxyl groups is 2. The zero-order valence-corrected chi connectivity index (χ0v) is 20.7. The number of fused-ring (bicyclic) bond motifs is 1. The van der Waals surface area contributed by atoms with E-state index in [9.17, 15) is 15.3 Å². The molecular weight excluding hydrogens is 454 g/mol. The number of hydrogen-bond donors (Lipinski definition) is 3. The number of aliphatic hydroxyl groups is 1. The highest BCUT2D eigenvalue weighted by Gasteiger charge is 2.30. The number of phenols is 2. The average Bonchev–Trinajstić information content (AvgIpc) is 3.37. The Labute approximate surface area is 212 Å². The molecule has 1 saturated heterocycles. The molecule has 0 bridgehead atoms. The first-order valence-corrected chi connectivity index (χ1v) is 12.5. The molecule has 2 aliphatic heterocycles. The summed E-state index contributed by atoms with van der Waals surface area (Å²) in [6.45, 7) is 5.90. The molecule has 6 heteroatoms. The Kier molecular flexibility index (Phi) is 6.90. The van der Waals surface area contributed by atoms with Crippen LogP contribution in [0.2, 0.25) is 0 Å². The molecule has 2 aliphatic rings. The Hall–Kier alpha value is -3.48. The van der Waals surface area contributed by atoms with Crippen LogP contribution in [-0.4, -0.2) is 52.1 Å². The number of ether oxygens (including phenoxy) is 2. The summed E-state index contributed by atoms with van der Waals surface area (Å²) >= 11 is 0. The fourth-order valence-corrected chi connectivity index (χ4v) is 5.40. The monoisotopic (exact) mass is 487 g/mol. The SMILES string of the molecule is CC1=C(c2cccc(O)c2)C(c2ccc(OC[C@H](C)N3CCC[C@H]3CO)cc2)Oc2ccc(O)cc21. The lowest BCUT2D eigenvalue weighted by Gasteiger charge is -2.31. The van der Waals surface area contributed by atoms with E-state index in [0.29, 0.717) is 12.4 Å². The van der Waals surface area contributed by atoms with Crippen molar-refractivity contribution < 1.29 is 24.8 Å². The Balaban J connectivity index is 1.40. The summed E-state index contributed by atoms with van der Waals surface area (Å²) in [6.07, 6.45) is 1.77. The maximum Gasteiger partial charge on any atom is 0.150 e. The van der Waals surface area contributed by atoms with Gasteiger partial charge < -0.3 is 24.8 Å². The summed E-state index contributed by atoms with van der Waals surface area (Å²) in [5.74, 6) is 1.86. The summed E-state index contributed by atoms with van der Waals surface area (Å²) in [5, 5.41) is 29.8. The summed E-state index contributed by atoms with van der Waals surface area (Å²) in [6, 6.07) is 20.7. The number of nitrogens with zero attached hydrogens (tertiary/aromatic N) is 1. The lowest BCUT2D eigenvalue weighted by molar-refractivity contribution is 0.0966. The molecule has 2 heterocycles. The predicted octanol–water partition coefficient (Wildman–Crippen LogP) is 5.39. The molecule has 3 N–H and O–H groups in total. The molecule has 3 aromatic rings. The van der Waals surface area contributed by atoms with Crippen molar-refractivity contribution in [2.45, 2.75) is 44.9 Å². The molecule has 0 aromatic heterocycles. The molecule has 0 aliphatic carbocycles. The van der Waals surface area contributed by atoms with E-state index in [1.165, 1.54) is 0 Å². The van der Waals surface area contributed by atoms with Gasteiger partial charge >= 0.3 is 0 Å². The molecular formula is C30H33NO5. The van der Waals surface area contributed by atoms with Crippen molar-refractivity contribution in [3.05, 3.63) is 83.4 Å². The fourth-order valence-electron chi connectivity index (χ4n) is 5.40. The van der Waals surface area contributed by atoms with Crippen molar-refractivity contribution in [2.75, 3.05) is 19.8 Å².